The number of carbonyl (C=O) groups excluding carboxylic acids is 1. The third-order valence-electron chi connectivity index (χ3n) is 5.93. The van der Waals surface area contributed by atoms with E-state index in [2.05, 4.69) is 10.3 Å². The lowest BCUT2D eigenvalue weighted by molar-refractivity contribution is -0.126. The lowest BCUT2D eigenvalue weighted by Crippen LogP contribution is -2.52. The molecule has 138 valence electrons. The summed E-state index contributed by atoms with van der Waals surface area (Å²) in [5.41, 5.74) is -0.312. The predicted molar refractivity (Wildman–Crippen MR) is 95.1 cm³/mol. The van der Waals surface area contributed by atoms with Crippen LogP contribution in [0.15, 0.2) is 36.7 Å². The van der Waals surface area contributed by atoms with Gasteiger partial charge in [0.1, 0.15) is 11.6 Å². The van der Waals surface area contributed by atoms with Gasteiger partial charge in [-0.2, -0.15) is 0 Å². The van der Waals surface area contributed by atoms with Gasteiger partial charge >= 0.3 is 0 Å². The molecule has 0 unspecified atom stereocenters. The molecule has 0 radical (unpaired) electrons. The average Bonchev–Trinajstić information content (AvgIpc) is 3.33. The molecule has 3 atom stereocenters. The molecule has 2 aliphatic carbocycles. The van der Waals surface area contributed by atoms with Gasteiger partial charge in [-0.05, 0) is 45.1 Å². The molecule has 2 aliphatic rings. The number of carbonyl (C=O) groups is 1. The normalized spacial score (nSPS) is 27.1. The number of hydrogen-bond acceptors (Lipinski definition) is 3. The standard InChI is InChI=1S/C20H24FN3O2/c1-13-22-11-12-24(13)17-8-4-7-16(18(17)25)23-19(26)20(9-10-20)14-5-2-3-6-15(14)21/h2-3,5-6,11-12,16-18,25H,4,7-10H2,1H3,(H,23,26)/t16-,17-,18-/m1/s1. The first-order valence-electron chi connectivity index (χ1n) is 9.26. The van der Waals surface area contributed by atoms with Crippen molar-refractivity contribution in [3.05, 3.63) is 53.9 Å². The van der Waals surface area contributed by atoms with E-state index in [-0.39, 0.29) is 23.8 Å². The highest BCUT2D eigenvalue weighted by molar-refractivity contribution is 5.91. The zero-order chi connectivity index (χ0) is 18.3. The second-order valence-electron chi connectivity index (χ2n) is 7.51. The van der Waals surface area contributed by atoms with Crippen molar-refractivity contribution in [2.24, 2.45) is 0 Å². The van der Waals surface area contributed by atoms with Crippen LogP contribution >= 0.6 is 0 Å². The van der Waals surface area contributed by atoms with Crippen molar-refractivity contribution >= 4 is 5.91 Å². The van der Waals surface area contributed by atoms with Gasteiger partial charge in [0.15, 0.2) is 0 Å². The zero-order valence-electron chi connectivity index (χ0n) is 14.9. The summed E-state index contributed by atoms with van der Waals surface area (Å²) in [5.74, 6) is 0.344. The molecule has 2 saturated carbocycles. The maximum Gasteiger partial charge on any atom is 0.231 e. The smallest absolute Gasteiger partial charge is 0.231 e. The van der Waals surface area contributed by atoms with Gasteiger partial charge in [-0.3, -0.25) is 4.79 Å². The monoisotopic (exact) mass is 357 g/mol. The molecule has 1 aromatic heterocycles. The minimum atomic E-state index is -0.775. The molecule has 1 heterocycles. The maximum absolute atomic E-state index is 14.2. The third kappa shape index (κ3) is 2.82. The van der Waals surface area contributed by atoms with E-state index in [1.54, 1.807) is 24.4 Å². The number of imidazole rings is 1. The number of rotatable bonds is 4. The summed E-state index contributed by atoms with van der Waals surface area (Å²) in [4.78, 5) is 17.2. The molecule has 0 spiro atoms. The van der Waals surface area contributed by atoms with Crippen LogP contribution in [0.2, 0.25) is 0 Å². The van der Waals surface area contributed by atoms with E-state index in [4.69, 9.17) is 0 Å². The van der Waals surface area contributed by atoms with E-state index in [0.717, 1.165) is 25.1 Å². The second-order valence-corrected chi connectivity index (χ2v) is 7.51. The lowest BCUT2D eigenvalue weighted by atomic mass is 9.86. The number of amides is 1. The van der Waals surface area contributed by atoms with Gasteiger partial charge in [-0.25, -0.2) is 9.37 Å². The molecule has 0 bridgehead atoms. The molecule has 26 heavy (non-hydrogen) atoms. The molecular formula is C20H24FN3O2. The van der Waals surface area contributed by atoms with Gasteiger partial charge in [-0.15, -0.1) is 0 Å². The fourth-order valence-electron chi connectivity index (χ4n) is 4.26. The molecule has 1 aromatic carbocycles. The van der Waals surface area contributed by atoms with Gasteiger partial charge in [0, 0.05) is 18.0 Å². The summed E-state index contributed by atoms with van der Waals surface area (Å²) in [6.45, 7) is 1.91. The Kier molecular flexibility index (Phi) is 4.31. The van der Waals surface area contributed by atoms with Crippen molar-refractivity contribution in [2.75, 3.05) is 0 Å². The largest absolute Gasteiger partial charge is 0.389 e. The molecule has 1 amide bonds. The lowest BCUT2D eigenvalue weighted by Gasteiger charge is -2.37. The van der Waals surface area contributed by atoms with Crippen LogP contribution in [0.3, 0.4) is 0 Å². The van der Waals surface area contributed by atoms with Crippen LogP contribution in [0.25, 0.3) is 0 Å². The number of aliphatic hydroxyl groups is 1. The number of nitrogens with zero attached hydrogens (tertiary/aromatic N) is 2. The first-order valence-corrected chi connectivity index (χ1v) is 9.26. The van der Waals surface area contributed by atoms with Crippen molar-refractivity contribution in [1.82, 2.24) is 14.9 Å². The van der Waals surface area contributed by atoms with Crippen LogP contribution in [0, 0.1) is 12.7 Å². The first kappa shape index (κ1) is 17.2. The van der Waals surface area contributed by atoms with Crippen molar-refractivity contribution in [3.63, 3.8) is 0 Å². The summed E-state index contributed by atoms with van der Waals surface area (Å²) in [7, 11) is 0. The molecule has 0 aliphatic heterocycles. The Morgan fingerprint density at radius 3 is 2.77 bits per heavy atom. The Bertz CT molecular complexity index is 815. The molecule has 5 nitrogen and oxygen atoms in total. The summed E-state index contributed by atoms with van der Waals surface area (Å²) in [6, 6.07) is 6.06. The highest BCUT2D eigenvalue weighted by atomic mass is 19.1. The van der Waals surface area contributed by atoms with E-state index >= 15 is 0 Å². The Hall–Kier alpha value is -2.21. The van der Waals surface area contributed by atoms with Crippen LogP contribution < -0.4 is 5.32 Å². The van der Waals surface area contributed by atoms with Crippen LogP contribution in [0.1, 0.15) is 49.5 Å². The number of halogens is 1. The fourth-order valence-corrected chi connectivity index (χ4v) is 4.26. The van der Waals surface area contributed by atoms with Crippen LogP contribution in [0.4, 0.5) is 4.39 Å². The number of aromatic nitrogens is 2. The Morgan fingerprint density at radius 1 is 1.35 bits per heavy atom. The molecular weight excluding hydrogens is 333 g/mol. The molecule has 2 aromatic rings. The Balaban J connectivity index is 1.51. The quantitative estimate of drug-likeness (QED) is 0.884. The average molecular weight is 357 g/mol. The highest BCUT2D eigenvalue weighted by Crippen LogP contribution is 2.49. The van der Waals surface area contributed by atoms with Crippen molar-refractivity contribution in [2.45, 2.75) is 62.6 Å². The Labute approximate surface area is 152 Å². The van der Waals surface area contributed by atoms with Crippen LogP contribution in [0.5, 0.6) is 0 Å². The molecule has 4 rings (SSSR count). The number of aryl methyl sites for hydroxylation is 1. The van der Waals surface area contributed by atoms with Crippen molar-refractivity contribution in [1.29, 1.82) is 0 Å². The molecule has 2 fully saturated rings. The van der Waals surface area contributed by atoms with Gasteiger partial charge in [-0.1, -0.05) is 18.2 Å². The summed E-state index contributed by atoms with van der Waals surface area (Å²) in [6.07, 6.45) is 6.69. The van der Waals surface area contributed by atoms with E-state index in [1.165, 1.54) is 6.07 Å². The summed E-state index contributed by atoms with van der Waals surface area (Å²) in [5, 5.41) is 13.9. The van der Waals surface area contributed by atoms with Crippen molar-refractivity contribution < 1.29 is 14.3 Å². The van der Waals surface area contributed by atoms with Crippen molar-refractivity contribution in [3.8, 4) is 0 Å². The van der Waals surface area contributed by atoms with E-state index in [1.807, 2.05) is 17.7 Å². The number of hydrogen-bond donors (Lipinski definition) is 2. The predicted octanol–water partition coefficient (Wildman–Crippen LogP) is 2.63. The van der Waals surface area contributed by atoms with Gasteiger partial charge in [0.25, 0.3) is 0 Å². The van der Waals surface area contributed by atoms with Gasteiger partial charge < -0.3 is 15.0 Å². The minimum absolute atomic E-state index is 0.0971. The summed E-state index contributed by atoms with van der Waals surface area (Å²) >= 11 is 0. The minimum Gasteiger partial charge on any atom is -0.389 e. The maximum atomic E-state index is 14.2. The number of benzene rings is 1. The summed E-state index contributed by atoms with van der Waals surface area (Å²) < 4.78 is 16.2. The van der Waals surface area contributed by atoms with Gasteiger partial charge in [0.2, 0.25) is 5.91 Å². The third-order valence-corrected chi connectivity index (χ3v) is 5.93. The Morgan fingerprint density at radius 2 is 2.12 bits per heavy atom. The number of nitrogens with one attached hydrogen (secondary N) is 1. The molecule has 6 heteroatoms. The topological polar surface area (TPSA) is 67.2 Å². The van der Waals surface area contributed by atoms with E-state index in [9.17, 15) is 14.3 Å². The first-order chi connectivity index (χ1) is 12.5. The number of aliphatic hydroxyl groups excluding tert-OH is 1. The van der Waals surface area contributed by atoms with Crippen LogP contribution in [-0.4, -0.2) is 32.7 Å². The van der Waals surface area contributed by atoms with Crippen LogP contribution in [-0.2, 0) is 10.2 Å². The van der Waals surface area contributed by atoms with E-state index < -0.39 is 11.5 Å². The molecule has 0 saturated heterocycles. The highest BCUT2D eigenvalue weighted by Gasteiger charge is 2.53. The fraction of sp³-hybridized carbons (Fsp3) is 0.500. The SMILES string of the molecule is Cc1nccn1[C@@H]1CCC[C@@H](NC(=O)C2(c3ccccc3F)CC2)[C@H]1O. The van der Waals surface area contributed by atoms with Gasteiger partial charge in [0.05, 0.1) is 23.6 Å². The second kappa shape index (κ2) is 6.50. The zero-order valence-corrected chi connectivity index (χ0v) is 14.9. The molecule has 2 N–H and O–H groups in total. The van der Waals surface area contributed by atoms with E-state index in [0.29, 0.717) is 18.4 Å².